The van der Waals surface area contributed by atoms with Gasteiger partial charge in [0.1, 0.15) is 0 Å². The molecule has 10 nitrogen and oxygen atoms in total. The van der Waals surface area contributed by atoms with Gasteiger partial charge in [-0.2, -0.15) is 15.0 Å². The lowest BCUT2D eigenvalue weighted by atomic mass is 9.73. The Balaban J connectivity index is 1.37. The van der Waals surface area contributed by atoms with Gasteiger partial charge in [-0.05, 0) is 18.2 Å². The number of benzene rings is 1. The third-order valence-corrected chi connectivity index (χ3v) is 6.75. The van der Waals surface area contributed by atoms with Crippen LogP contribution in [0.4, 0.5) is 20.7 Å². The number of fused-ring (bicyclic) bond motifs is 1. The molecule has 1 spiro atoms. The van der Waals surface area contributed by atoms with Crippen LogP contribution in [0, 0.1) is 5.41 Å². The van der Waals surface area contributed by atoms with Crippen molar-refractivity contribution >= 4 is 28.8 Å². The minimum Gasteiger partial charge on any atom is -0.378 e. The number of imidazole rings is 1. The Morgan fingerprint density at radius 2 is 1.63 bits per heavy atom. The molecule has 0 saturated carbocycles. The van der Waals surface area contributed by atoms with E-state index in [9.17, 15) is 13.6 Å². The lowest BCUT2D eigenvalue weighted by Crippen LogP contribution is -2.73. The van der Waals surface area contributed by atoms with Gasteiger partial charge in [0, 0.05) is 44.7 Å². The number of aromatic nitrogens is 5. The summed E-state index contributed by atoms with van der Waals surface area (Å²) in [6, 6.07) is 6.94. The number of rotatable bonds is 5. The minimum atomic E-state index is -2.80. The monoisotopic (exact) mass is 482 g/mol. The summed E-state index contributed by atoms with van der Waals surface area (Å²) in [6.07, 6.45) is -1.48. The molecule has 35 heavy (non-hydrogen) atoms. The van der Waals surface area contributed by atoms with Gasteiger partial charge in [0.15, 0.2) is 5.82 Å². The molecule has 3 aliphatic heterocycles. The molecule has 182 valence electrons. The fourth-order valence-corrected chi connectivity index (χ4v) is 5.04. The van der Waals surface area contributed by atoms with Crippen molar-refractivity contribution in [2.75, 3.05) is 62.3 Å². The zero-order chi connectivity index (χ0) is 24.2. The number of morpholine rings is 1. The van der Waals surface area contributed by atoms with Crippen LogP contribution in [0.1, 0.15) is 12.2 Å². The number of nitrogens with zero attached hydrogens (tertiary/aromatic N) is 8. The van der Waals surface area contributed by atoms with E-state index in [4.69, 9.17) is 9.72 Å². The number of carbonyl (C=O) groups excluding carboxylic acids is 1. The average molecular weight is 482 g/mol. The summed E-state index contributed by atoms with van der Waals surface area (Å²) in [7, 11) is 0. The summed E-state index contributed by atoms with van der Waals surface area (Å²) in [5.41, 5.74) is 0.952. The maximum Gasteiger partial charge on any atom is 0.296 e. The molecule has 0 radical (unpaired) electrons. The number of hydrogen-bond donors (Lipinski definition) is 0. The fourth-order valence-electron chi connectivity index (χ4n) is 5.04. The van der Waals surface area contributed by atoms with Crippen LogP contribution in [0.2, 0.25) is 0 Å². The largest absolute Gasteiger partial charge is 0.378 e. The molecule has 3 aliphatic rings. The third kappa shape index (κ3) is 3.68. The zero-order valence-electron chi connectivity index (χ0n) is 19.0. The summed E-state index contributed by atoms with van der Waals surface area (Å²) in [6.45, 7) is 8.46. The molecule has 1 amide bonds. The second-order valence-electron chi connectivity index (χ2n) is 9.18. The van der Waals surface area contributed by atoms with Gasteiger partial charge in [-0.1, -0.05) is 18.7 Å². The van der Waals surface area contributed by atoms with Crippen LogP contribution in [0.15, 0.2) is 36.9 Å². The van der Waals surface area contributed by atoms with Crippen molar-refractivity contribution in [3.8, 4) is 5.95 Å². The van der Waals surface area contributed by atoms with Crippen LogP contribution in [0.5, 0.6) is 0 Å². The second kappa shape index (κ2) is 8.22. The van der Waals surface area contributed by atoms with Crippen molar-refractivity contribution in [1.29, 1.82) is 0 Å². The topological polar surface area (TPSA) is 92.5 Å². The third-order valence-electron chi connectivity index (χ3n) is 6.75. The highest BCUT2D eigenvalue weighted by Crippen LogP contribution is 2.41. The van der Waals surface area contributed by atoms with Gasteiger partial charge in [0.2, 0.25) is 23.8 Å². The van der Waals surface area contributed by atoms with E-state index in [1.54, 1.807) is 29.2 Å². The van der Waals surface area contributed by atoms with Gasteiger partial charge in [-0.15, -0.1) is 0 Å². The number of alkyl halides is 2. The van der Waals surface area contributed by atoms with Crippen molar-refractivity contribution in [3.05, 3.63) is 42.7 Å². The van der Waals surface area contributed by atoms with Crippen molar-refractivity contribution in [2.45, 2.75) is 6.43 Å². The molecule has 0 unspecified atom stereocenters. The number of carbonyl (C=O) groups is 1. The van der Waals surface area contributed by atoms with Gasteiger partial charge in [-0.25, -0.2) is 13.8 Å². The first-order chi connectivity index (χ1) is 17.0. The van der Waals surface area contributed by atoms with Crippen LogP contribution < -0.4 is 9.80 Å². The van der Waals surface area contributed by atoms with E-state index < -0.39 is 12.2 Å². The van der Waals surface area contributed by atoms with Gasteiger partial charge >= 0.3 is 0 Å². The van der Waals surface area contributed by atoms with Crippen molar-refractivity contribution < 1.29 is 18.3 Å². The molecule has 5 heterocycles. The molecule has 0 atom stereocenters. The molecule has 3 aromatic rings. The molecule has 2 aromatic heterocycles. The standard InChI is InChI=1S/C23H24F2N8O2/c1-2-17(34)31-11-23(12-31)13-32(14-23)21-27-20(30-7-9-35-10-8-30)28-22(29-21)33-16-6-4-3-5-15(16)26-19(33)18(24)25/h2-6,18H,1,7-14H2. The normalized spacial score (nSPS) is 19.2. The Labute approximate surface area is 199 Å². The number of para-hydroxylation sites is 2. The Kier molecular flexibility index (Phi) is 5.13. The van der Waals surface area contributed by atoms with E-state index in [-0.39, 0.29) is 17.3 Å². The van der Waals surface area contributed by atoms with Crippen molar-refractivity contribution in [2.24, 2.45) is 5.41 Å². The predicted molar refractivity (Wildman–Crippen MR) is 124 cm³/mol. The number of hydrogen-bond acceptors (Lipinski definition) is 8. The summed E-state index contributed by atoms with van der Waals surface area (Å²) in [5, 5.41) is 0. The van der Waals surface area contributed by atoms with E-state index in [2.05, 4.69) is 21.5 Å². The van der Waals surface area contributed by atoms with Gasteiger partial charge in [0.25, 0.3) is 6.43 Å². The van der Waals surface area contributed by atoms with Gasteiger partial charge < -0.3 is 19.4 Å². The first kappa shape index (κ1) is 21.8. The first-order valence-corrected chi connectivity index (χ1v) is 11.5. The minimum absolute atomic E-state index is 0.000423. The molecule has 0 N–H and O–H groups in total. The zero-order valence-corrected chi connectivity index (χ0v) is 19.0. The average Bonchev–Trinajstić information content (AvgIpc) is 3.22. The maximum atomic E-state index is 14.0. The van der Waals surface area contributed by atoms with E-state index in [1.807, 2.05) is 9.80 Å². The van der Waals surface area contributed by atoms with E-state index in [0.29, 0.717) is 75.4 Å². The van der Waals surface area contributed by atoms with Gasteiger partial charge in [-0.3, -0.25) is 9.36 Å². The summed E-state index contributed by atoms with van der Waals surface area (Å²) >= 11 is 0. The molecule has 3 fully saturated rings. The molecular formula is C23H24F2N8O2. The quantitative estimate of drug-likeness (QED) is 0.509. The van der Waals surface area contributed by atoms with Crippen molar-refractivity contribution in [3.63, 3.8) is 0 Å². The second-order valence-corrected chi connectivity index (χ2v) is 9.18. The van der Waals surface area contributed by atoms with E-state index in [0.717, 1.165) is 0 Å². The van der Waals surface area contributed by atoms with Crippen LogP contribution >= 0.6 is 0 Å². The number of likely N-dealkylation sites (tertiary alicyclic amines) is 1. The summed E-state index contributed by atoms with van der Waals surface area (Å²) < 4.78 is 34.8. The Morgan fingerprint density at radius 1 is 0.971 bits per heavy atom. The van der Waals surface area contributed by atoms with Crippen molar-refractivity contribution in [1.82, 2.24) is 29.4 Å². The van der Waals surface area contributed by atoms with Gasteiger partial charge in [0.05, 0.1) is 24.2 Å². The maximum absolute atomic E-state index is 14.0. The molecule has 0 bridgehead atoms. The lowest BCUT2D eigenvalue weighted by molar-refractivity contribution is -0.139. The molecule has 0 aliphatic carbocycles. The number of amides is 1. The fraction of sp³-hybridized carbons (Fsp3) is 0.435. The Hall–Kier alpha value is -3.67. The summed E-state index contributed by atoms with van der Waals surface area (Å²) in [5.74, 6) is 0.475. The van der Waals surface area contributed by atoms with Crippen LogP contribution in [0.3, 0.4) is 0 Å². The van der Waals surface area contributed by atoms with E-state index >= 15 is 0 Å². The lowest BCUT2D eigenvalue weighted by Gasteiger charge is -2.59. The predicted octanol–water partition coefficient (Wildman–Crippen LogP) is 1.82. The highest BCUT2D eigenvalue weighted by atomic mass is 19.3. The Morgan fingerprint density at radius 3 is 2.31 bits per heavy atom. The molecule has 12 heteroatoms. The SMILES string of the molecule is C=CC(=O)N1CC2(C1)CN(c1nc(N3CCOCC3)nc(-n3c(C(F)F)nc4ccccc43)n1)C2. The molecule has 1 aromatic carbocycles. The molecule has 6 rings (SSSR count). The van der Waals surface area contributed by atoms with Crippen LogP contribution in [-0.2, 0) is 9.53 Å². The van der Waals surface area contributed by atoms with Crippen LogP contribution in [0.25, 0.3) is 17.0 Å². The number of anilines is 2. The Bertz CT molecular complexity index is 1290. The highest BCUT2D eigenvalue weighted by Gasteiger charge is 2.53. The summed E-state index contributed by atoms with van der Waals surface area (Å²) in [4.78, 5) is 35.6. The molecular weight excluding hydrogens is 458 g/mol. The first-order valence-electron chi connectivity index (χ1n) is 11.5. The van der Waals surface area contributed by atoms with E-state index in [1.165, 1.54) is 10.6 Å². The number of halogens is 2. The van der Waals surface area contributed by atoms with Crippen LogP contribution in [-0.4, -0.2) is 87.8 Å². The number of ether oxygens (including phenoxy) is 1. The molecule has 3 saturated heterocycles. The highest BCUT2D eigenvalue weighted by molar-refractivity contribution is 5.88. The smallest absolute Gasteiger partial charge is 0.296 e.